The molecular weight excluding hydrogens is 336 g/mol. The van der Waals surface area contributed by atoms with Crippen LogP contribution in [0.1, 0.15) is 32.9 Å². The highest BCUT2D eigenvalue weighted by Gasteiger charge is 2.18. The van der Waals surface area contributed by atoms with Gasteiger partial charge < -0.3 is 9.88 Å². The van der Waals surface area contributed by atoms with Crippen LogP contribution in [0.25, 0.3) is 0 Å². The van der Waals surface area contributed by atoms with Gasteiger partial charge in [0.05, 0.1) is 0 Å². The summed E-state index contributed by atoms with van der Waals surface area (Å²) in [5, 5.41) is 2.88. The molecule has 0 radical (unpaired) electrons. The van der Waals surface area contributed by atoms with Crippen molar-refractivity contribution >= 4 is 5.91 Å². The molecule has 0 aliphatic rings. The number of nitrogens with one attached hydrogen (secondary N) is 1. The van der Waals surface area contributed by atoms with Gasteiger partial charge in [-0.25, -0.2) is 8.78 Å². The Morgan fingerprint density at radius 1 is 1.12 bits per heavy atom. The number of rotatable bonds is 5. The maximum Gasteiger partial charge on any atom is 0.268 e. The highest BCUT2D eigenvalue weighted by Crippen LogP contribution is 2.18. The fourth-order valence-corrected chi connectivity index (χ4v) is 2.94. The second kappa shape index (κ2) is 7.47. The summed E-state index contributed by atoms with van der Waals surface area (Å²) in [5.74, 6) is -2.00. The van der Waals surface area contributed by atoms with E-state index in [0.717, 1.165) is 29.0 Å². The van der Waals surface area contributed by atoms with Crippen LogP contribution in [-0.2, 0) is 13.1 Å². The Morgan fingerprint density at radius 3 is 2.62 bits per heavy atom. The zero-order valence-electron chi connectivity index (χ0n) is 14.6. The number of pyridine rings is 1. The summed E-state index contributed by atoms with van der Waals surface area (Å²) in [6, 6.07) is 9.36. The van der Waals surface area contributed by atoms with Crippen molar-refractivity contribution in [3.05, 3.63) is 88.5 Å². The molecule has 3 aromatic rings. The highest BCUT2D eigenvalue weighted by molar-refractivity contribution is 5.94. The molecule has 6 heteroatoms. The Labute approximate surface area is 150 Å². The number of aryl methyl sites for hydroxylation is 2. The second-order valence-corrected chi connectivity index (χ2v) is 6.20. The molecule has 1 aromatic carbocycles. The molecule has 0 unspecified atom stereocenters. The van der Waals surface area contributed by atoms with Gasteiger partial charge in [0.1, 0.15) is 5.69 Å². The Balaban J connectivity index is 1.83. The van der Waals surface area contributed by atoms with Crippen LogP contribution in [-0.4, -0.2) is 15.5 Å². The molecule has 3 rings (SSSR count). The summed E-state index contributed by atoms with van der Waals surface area (Å²) in [7, 11) is 0. The van der Waals surface area contributed by atoms with E-state index in [9.17, 15) is 13.6 Å². The lowest BCUT2D eigenvalue weighted by atomic mass is 10.2. The van der Waals surface area contributed by atoms with Crippen molar-refractivity contribution in [2.45, 2.75) is 26.9 Å². The van der Waals surface area contributed by atoms with E-state index in [1.54, 1.807) is 17.0 Å². The third-order valence-electron chi connectivity index (χ3n) is 4.21. The summed E-state index contributed by atoms with van der Waals surface area (Å²) >= 11 is 0. The van der Waals surface area contributed by atoms with Gasteiger partial charge in [-0.2, -0.15) is 0 Å². The van der Waals surface area contributed by atoms with Gasteiger partial charge in [0, 0.05) is 31.2 Å². The van der Waals surface area contributed by atoms with E-state index in [2.05, 4.69) is 10.3 Å². The molecule has 2 heterocycles. The van der Waals surface area contributed by atoms with Crippen molar-refractivity contribution in [2.24, 2.45) is 0 Å². The molecule has 0 atom stereocenters. The van der Waals surface area contributed by atoms with Gasteiger partial charge in [0.2, 0.25) is 0 Å². The zero-order valence-corrected chi connectivity index (χ0v) is 14.6. The summed E-state index contributed by atoms with van der Waals surface area (Å²) < 4.78 is 28.4. The van der Waals surface area contributed by atoms with Gasteiger partial charge in [-0.3, -0.25) is 9.78 Å². The molecule has 1 N–H and O–H groups in total. The molecule has 0 saturated carbocycles. The fourth-order valence-electron chi connectivity index (χ4n) is 2.94. The quantitative estimate of drug-likeness (QED) is 0.758. The average Bonchev–Trinajstić information content (AvgIpc) is 2.90. The van der Waals surface area contributed by atoms with Crippen molar-refractivity contribution in [1.29, 1.82) is 0 Å². The molecule has 0 aliphatic carbocycles. The molecule has 1 amide bonds. The molecule has 26 heavy (non-hydrogen) atoms. The van der Waals surface area contributed by atoms with E-state index in [0.29, 0.717) is 17.8 Å². The minimum absolute atomic E-state index is 0.220. The lowest BCUT2D eigenvalue weighted by Crippen LogP contribution is -2.26. The van der Waals surface area contributed by atoms with Crippen LogP contribution in [0, 0.1) is 25.5 Å². The predicted molar refractivity (Wildman–Crippen MR) is 94.8 cm³/mol. The van der Waals surface area contributed by atoms with Gasteiger partial charge >= 0.3 is 0 Å². The van der Waals surface area contributed by atoms with Crippen LogP contribution in [0.3, 0.4) is 0 Å². The maximum absolute atomic E-state index is 13.5. The van der Waals surface area contributed by atoms with Crippen LogP contribution in [0.15, 0.2) is 48.8 Å². The minimum Gasteiger partial charge on any atom is -0.347 e. The zero-order chi connectivity index (χ0) is 18.7. The van der Waals surface area contributed by atoms with E-state index in [1.165, 1.54) is 6.07 Å². The Bertz CT molecular complexity index is 936. The maximum atomic E-state index is 13.5. The number of carbonyl (C=O) groups excluding carboxylic acids is 1. The fraction of sp³-hybridized carbons (Fsp3) is 0.200. The Kier molecular flexibility index (Phi) is 5.11. The summed E-state index contributed by atoms with van der Waals surface area (Å²) in [6.07, 6.45) is 3.37. The number of benzene rings is 1. The number of halogens is 2. The Morgan fingerprint density at radius 2 is 1.92 bits per heavy atom. The van der Waals surface area contributed by atoms with Crippen LogP contribution in [0.2, 0.25) is 0 Å². The lowest BCUT2D eigenvalue weighted by molar-refractivity contribution is 0.0941. The minimum atomic E-state index is -0.897. The number of nitrogens with zero attached hydrogens (tertiary/aromatic N) is 2. The number of hydrogen-bond donors (Lipinski definition) is 1. The monoisotopic (exact) mass is 355 g/mol. The first-order valence-electron chi connectivity index (χ1n) is 8.23. The van der Waals surface area contributed by atoms with Crippen molar-refractivity contribution in [2.75, 3.05) is 0 Å². The first kappa shape index (κ1) is 17.8. The molecule has 0 spiro atoms. The van der Waals surface area contributed by atoms with Crippen LogP contribution < -0.4 is 5.32 Å². The van der Waals surface area contributed by atoms with Crippen LogP contribution in [0.4, 0.5) is 8.78 Å². The van der Waals surface area contributed by atoms with Gasteiger partial charge in [-0.05, 0) is 54.8 Å². The summed E-state index contributed by atoms with van der Waals surface area (Å²) in [4.78, 5) is 16.7. The largest absolute Gasteiger partial charge is 0.347 e. The third kappa shape index (κ3) is 3.79. The van der Waals surface area contributed by atoms with Gasteiger partial charge in [-0.15, -0.1) is 0 Å². The molecule has 2 aromatic heterocycles. The number of hydrogen-bond acceptors (Lipinski definition) is 2. The molecule has 0 saturated heterocycles. The third-order valence-corrected chi connectivity index (χ3v) is 4.21. The molecule has 4 nitrogen and oxygen atoms in total. The van der Waals surface area contributed by atoms with Crippen molar-refractivity contribution < 1.29 is 13.6 Å². The first-order chi connectivity index (χ1) is 12.5. The molecule has 0 aliphatic heterocycles. The topological polar surface area (TPSA) is 46.9 Å². The van der Waals surface area contributed by atoms with Gasteiger partial charge in [-0.1, -0.05) is 12.1 Å². The van der Waals surface area contributed by atoms with Gasteiger partial charge in [0.15, 0.2) is 11.6 Å². The smallest absolute Gasteiger partial charge is 0.268 e. The summed E-state index contributed by atoms with van der Waals surface area (Å²) in [6.45, 7) is 4.38. The standard InChI is InChI=1S/C20H19F2N3O/c1-13-8-14(2)25(12-15-5-6-17(21)18(22)9-15)19(13)20(26)24-11-16-4-3-7-23-10-16/h3-10H,11-12H2,1-2H3,(H,24,26). The average molecular weight is 355 g/mol. The van der Waals surface area contributed by atoms with Crippen molar-refractivity contribution in [1.82, 2.24) is 14.9 Å². The van der Waals surface area contributed by atoms with Crippen molar-refractivity contribution in [3.8, 4) is 0 Å². The second-order valence-electron chi connectivity index (χ2n) is 6.20. The van der Waals surface area contributed by atoms with Crippen molar-refractivity contribution in [3.63, 3.8) is 0 Å². The van der Waals surface area contributed by atoms with E-state index in [4.69, 9.17) is 0 Å². The number of aromatic nitrogens is 2. The molecule has 134 valence electrons. The van der Waals surface area contributed by atoms with E-state index in [-0.39, 0.29) is 12.5 Å². The van der Waals surface area contributed by atoms with Gasteiger partial charge in [0.25, 0.3) is 5.91 Å². The van der Waals surface area contributed by atoms with Crippen LogP contribution >= 0.6 is 0 Å². The van der Waals surface area contributed by atoms with E-state index < -0.39 is 11.6 Å². The van der Waals surface area contributed by atoms with Crippen LogP contribution in [0.5, 0.6) is 0 Å². The van der Waals surface area contributed by atoms with E-state index in [1.807, 2.05) is 32.0 Å². The normalized spacial score (nSPS) is 10.8. The number of carbonyl (C=O) groups is 1. The lowest BCUT2D eigenvalue weighted by Gasteiger charge is -2.13. The Hall–Kier alpha value is -3.02. The molecular formula is C20H19F2N3O. The van der Waals surface area contributed by atoms with E-state index >= 15 is 0 Å². The number of amides is 1. The molecule has 0 fully saturated rings. The first-order valence-corrected chi connectivity index (χ1v) is 8.23. The molecule has 0 bridgehead atoms. The summed E-state index contributed by atoms with van der Waals surface area (Å²) in [5.41, 5.74) is 3.70. The predicted octanol–water partition coefficient (Wildman–Crippen LogP) is 3.76. The SMILES string of the molecule is Cc1cc(C)n(Cc2ccc(F)c(F)c2)c1C(=O)NCc1cccnc1. The highest BCUT2D eigenvalue weighted by atomic mass is 19.2.